The highest BCUT2D eigenvalue weighted by atomic mass is 16.5. The largest absolute Gasteiger partial charge is 0.354 e. The molecule has 15 heavy (non-hydrogen) atoms. The fourth-order valence-corrected chi connectivity index (χ4v) is 1.60. The minimum Gasteiger partial charge on any atom is -0.354 e. The highest BCUT2D eigenvalue weighted by Gasteiger charge is 2.09. The first kappa shape index (κ1) is 8.23. The second kappa shape index (κ2) is 2.95. The van der Waals surface area contributed by atoms with E-state index in [-0.39, 0.29) is 0 Å². The van der Waals surface area contributed by atoms with Gasteiger partial charge in [0.25, 0.3) is 0 Å². The van der Waals surface area contributed by atoms with E-state index in [4.69, 9.17) is 4.52 Å². The van der Waals surface area contributed by atoms with E-state index in [2.05, 4.69) is 10.1 Å². The summed E-state index contributed by atoms with van der Waals surface area (Å²) >= 11 is 0. The predicted octanol–water partition coefficient (Wildman–Crippen LogP) is 2.30. The van der Waals surface area contributed by atoms with E-state index < -0.39 is 0 Å². The van der Waals surface area contributed by atoms with Gasteiger partial charge in [-0.15, -0.1) is 0 Å². The first-order chi connectivity index (χ1) is 7.34. The van der Waals surface area contributed by atoms with Gasteiger partial charge in [-0.25, -0.2) is 4.98 Å². The third kappa shape index (κ3) is 1.22. The van der Waals surface area contributed by atoms with Crippen molar-refractivity contribution in [2.24, 2.45) is 0 Å². The van der Waals surface area contributed by atoms with E-state index in [0.29, 0.717) is 0 Å². The molecule has 0 bridgehead atoms. The van der Waals surface area contributed by atoms with Crippen LogP contribution in [0.15, 0.2) is 41.2 Å². The number of fused-ring (bicyclic) bond motifs is 1. The van der Waals surface area contributed by atoms with Gasteiger partial charge in [0.2, 0.25) is 0 Å². The van der Waals surface area contributed by atoms with Crippen LogP contribution < -0.4 is 0 Å². The molecular formula is C11H9N3O. The molecule has 0 saturated carbocycles. The average molecular weight is 199 g/mol. The number of aryl methyl sites for hydroxylation is 1. The van der Waals surface area contributed by atoms with Crippen LogP contribution in [0.1, 0.15) is 5.69 Å². The van der Waals surface area contributed by atoms with Crippen molar-refractivity contribution in [2.75, 3.05) is 0 Å². The fourth-order valence-electron chi connectivity index (χ4n) is 1.60. The summed E-state index contributed by atoms with van der Waals surface area (Å²) in [7, 11) is 0. The van der Waals surface area contributed by atoms with Crippen LogP contribution in [0.25, 0.3) is 17.1 Å². The molecule has 0 aliphatic carbocycles. The molecule has 0 saturated heterocycles. The molecule has 3 aromatic heterocycles. The van der Waals surface area contributed by atoms with Crippen molar-refractivity contribution in [3.63, 3.8) is 0 Å². The first-order valence-corrected chi connectivity index (χ1v) is 4.70. The molecule has 0 radical (unpaired) electrons. The molecule has 3 heterocycles. The van der Waals surface area contributed by atoms with Crippen LogP contribution in [0.4, 0.5) is 0 Å². The summed E-state index contributed by atoms with van der Waals surface area (Å²) in [4.78, 5) is 4.28. The molecule has 0 aromatic carbocycles. The second-order valence-corrected chi connectivity index (χ2v) is 3.40. The summed E-state index contributed by atoms with van der Waals surface area (Å²) < 4.78 is 7.18. The van der Waals surface area contributed by atoms with E-state index in [1.54, 1.807) is 6.20 Å². The molecule has 3 rings (SSSR count). The van der Waals surface area contributed by atoms with Gasteiger partial charge in [0.1, 0.15) is 11.3 Å². The predicted molar refractivity (Wildman–Crippen MR) is 55.4 cm³/mol. The Morgan fingerprint density at radius 2 is 2.27 bits per heavy atom. The van der Waals surface area contributed by atoms with E-state index in [9.17, 15) is 0 Å². The smallest absolute Gasteiger partial charge is 0.185 e. The van der Waals surface area contributed by atoms with Crippen molar-refractivity contribution in [3.8, 4) is 11.5 Å². The molecule has 0 fully saturated rings. The minimum absolute atomic E-state index is 0.742. The van der Waals surface area contributed by atoms with Gasteiger partial charge in [0.15, 0.2) is 5.76 Å². The first-order valence-electron chi connectivity index (χ1n) is 4.70. The van der Waals surface area contributed by atoms with Crippen LogP contribution in [-0.4, -0.2) is 14.5 Å². The lowest BCUT2D eigenvalue weighted by molar-refractivity contribution is 0.425. The van der Waals surface area contributed by atoms with Crippen LogP contribution in [0.3, 0.4) is 0 Å². The standard InChI is InChI=1S/C11H9N3O/c1-8-6-10(15-13-8)9-7-12-11-4-2-3-5-14(9)11/h2-7H,1H3. The summed E-state index contributed by atoms with van der Waals surface area (Å²) in [6.45, 7) is 1.90. The van der Waals surface area contributed by atoms with Gasteiger partial charge in [-0.2, -0.15) is 0 Å². The Morgan fingerprint density at radius 3 is 3.07 bits per heavy atom. The van der Waals surface area contributed by atoms with Gasteiger partial charge in [-0.05, 0) is 19.1 Å². The van der Waals surface area contributed by atoms with Gasteiger partial charge in [0, 0.05) is 12.3 Å². The number of hydrogen-bond acceptors (Lipinski definition) is 3. The van der Waals surface area contributed by atoms with Gasteiger partial charge in [-0.1, -0.05) is 11.2 Å². The summed E-state index contributed by atoms with van der Waals surface area (Å²) in [5, 5.41) is 3.86. The average Bonchev–Trinajstić information content (AvgIpc) is 2.83. The molecule has 0 amide bonds. The third-order valence-electron chi connectivity index (χ3n) is 2.30. The third-order valence-corrected chi connectivity index (χ3v) is 2.30. The highest BCUT2D eigenvalue weighted by Crippen LogP contribution is 2.20. The molecule has 0 aliphatic heterocycles. The zero-order valence-electron chi connectivity index (χ0n) is 8.21. The maximum Gasteiger partial charge on any atom is 0.185 e. The summed E-state index contributed by atoms with van der Waals surface area (Å²) in [6, 6.07) is 7.77. The number of imidazole rings is 1. The Labute approximate surface area is 86.2 Å². The maximum atomic E-state index is 5.21. The number of pyridine rings is 1. The van der Waals surface area contributed by atoms with Crippen molar-refractivity contribution >= 4 is 5.65 Å². The van der Waals surface area contributed by atoms with Crippen molar-refractivity contribution < 1.29 is 4.52 Å². The molecule has 74 valence electrons. The minimum atomic E-state index is 0.742. The van der Waals surface area contributed by atoms with Gasteiger partial charge in [0.05, 0.1) is 11.9 Å². The topological polar surface area (TPSA) is 43.3 Å². The Kier molecular flexibility index (Phi) is 1.62. The number of nitrogens with zero attached hydrogens (tertiary/aromatic N) is 3. The van der Waals surface area contributed by atoms with E-state index in [1.807, 2.05) is 41.8 Å². The van der Waals surface area contributed by atoms with Crippen LogP contribution in [0, 0.1) is 6.92 Å². The fraction of sp³-hybridized carbons (Fsp3) is 0.0909. The molecule has 0 unspecified atom stereocenters. The van der Waals surface area contributed by atoms with E-state index in [0.717, 1.165) is 22.8 Å². The molecule has 0 atom stereocenters. The number of aromatic nitrogens is 3. The molecule has 4 heteroatoms. The Morgan fingerprint density at radius 1 is 1.33 bits per heavy atom. The molecule has 0 N–H and O–H groups in total. The second-order valence-electron chi connectivity index (χ2n) is 3.40. The lowest BCUT2D eigenvalue weighted by Gasteiger charge is -1.95. The summed E-state index contributed by atoms with van der Waals surface area (Å²) in [5.74, 6) is 0.742. The zero-order valence-corrected chi connectivity index (χ0v) is 8.21. The molecule has 0 spiro atoms. The van der Waals surface area contributed by atoms with Crippen molar-refractivity contribution in [1.82, 2.24) is 14.5 Å². The number of hydrogen-bond donors (Lipinski definition) is 0. The van der Waals surface area contributed by atoms with Crippen molar-refractivity contribution in [1.29, 1.82) is 0 Å². The quantitative estimate of drug-likeness (QED) is 0.604. The zero-order chi connectivity index (χ0) is 10.3. The molecule has 3 aromatic rings. The Bertz CT molecular complexity index is 609. The lowest BCUT2D eigenvalue weighted by atomic mass is 10.3. The van der Waals surface area contributed by atoms with Gasteiger partial charge < -0.3 is 4.52 Å². The van der Waals surface area contributed by atoms with Crippen LogP contribution in [0.2, 0.25) is 0 Å². The van der Waals surface area contributed by atoms with Crippen LogP contribution in [0.5, 0.6) is 0 Å². The van der Waals surface area contributed by atoms with Crippen LogP contribution >= 0.6 is 0 Å². The summed E-state index contributed by atoms with van der Waals surface area (Å²) in [6.07, 6.45) is 3.74. The van der Waals surface area contributed by atoms with Gasteiger partial charge >= 0.3 is 0 Å². The van der Waals surface area contributed by atoms with E-state index >= 15 is 0 Å². The maximum absolute atomic E-state index is 5.21. The Balaban J connectivity index is 2.27. The number of rotatable bonds is 1. The van der Waals surface area contributed by atoms with Crippen LogP contribution in [-0.2, 0) is 0 Å². The van der Waals surface area contributed by atoms with E-state index in [1.165, 1.54) is 0 Å². The molecular weight excluding hydrogens is 190 g/mol. The normalized spacial score (nSPS) is 11.0. The SMILES string of the molecule is Cc1cc(-c2cnc3ccccn23)on1. The van der Waals surface area contributed by atoms with Crippen molar-refractivity contribution in [3.05, 3.63) is 42.4 Å². The lowest BCUT2D eigenvalue weighted by Crippen LogP contribution is -1.84. The summed E-state index contributed by atoms with van der Waals surface area (Å²) in [5.41, 5.74) is 2.70. The van der Waals surface area contributed by atoms with Crippen molar-refractivity contribution in [2.45, 2.75) is 6.92 Å². The highest BCUT2D eigenvalue weighted by molar-refractivity contribution is 5.58. The molecule has 0 aliphatic rings. The Hall–Kier alpha value is -2.10. The van der Waals surface area contributed by atoms with Gasteiger partial charge in [-0.3, -0.25) is 4.40 Å². The molecule has 4 nitrogen and oxygen atoms in total. The monoisotopic (exact) mass is 199 g/mol.